The molecule has 0 fully saturated rings. The van der Waals surface area contributed by atoms with Gasteiger partial charge in [0, 0.05) is 23.7 Å². The van der Waals surface area contributed by atoms with Gasteiger partial charge in [0.25, 0.3) is 0 Å². The second kappa shape index (κ2) is 5.19. The molecule has 4 nitrogen and oxygen atoms in total. The number of ether oxygens (including phenoxy) is 1. The first-order valence-corrected chi connectivity index (χ1v) is 5.65. The maximum Gasteiger partial charge on any atom is 0.221 e. The van der Waals surface area contributed by atoms with Gasteiger partial charge < -0.3 is 15.8 Å². The minimum Gasteiger partial charge on any atom is -0.496 e. The number of rotatable bonds is 4. The minimum atomic E-state index is -0.472. The van der Waals surface area contributed by atoms with Crippen LogP contribution in [0.15, 0.2) is 18.2 Å². The third kappa shape index (κ3) is 3.20. The largest absolute Gasteiger partial charge is 0.496 e. The zero-order chi connectivity index (χ0) is 13.1. The fourth-order valence-electron chi connectivity index (χ4n) is 1.63. The number of carbonyl (C=O) groups is 1. The number of anilines is 1. The van der Waals surface area contributed by atoms with Crippen molar-refractivity contribution >= 4 is 11.6 Å². The number of carbonyl (C=O) groups excluding carboxylic acids is 1. The van der Waals surface area contributed by atoms with Crippen LogP contribution in [0.1, 0.15) is 32.8 Å². The summed E-state index contributed by atoms with van der Waals surface area (Å²) in [4.78, 5) is 11.0. The van der Waals surface area contributed by atoms with Crippen LogP contribution in [0, 0.1) is 0 Å². The van der Waals surface area contributed by atoms with E-state index in [9.17, 15) is 4.79 Å². The molecule has 0 aromatic heterocycles. The zero-order valence-electron chi connectivity index (χ0n) is 10.8. The summed E-state index contributed by atoms with van der Waals surface area (Å²) in [7, 11) is 1.61. The van der Waals surface area contributed by atoms with Crippen LogP contribution in [0.4, 0.5) is 5.69 Å². The number of benzene rings is 1. The Morgan fingerprint density at radius 1 is 1.53 bits per heavy atom. The first-order chi connectivity index (χ1) is 7.90. The molecule has 94 valence electrons. The lowest BCUT2D eigenvalue weighted by molar-refractivity contribution is -0.114. The molecule has 1 unspecified atom stereocenters. The van der Waals surface area contributed by atoms with Gasteiger partial charge in [-0.2, -0.15) is 0 Å². The molecule has 0 aliphatic rings. The molecule has 17 heavy (non-hydrogen) atoms. The monoisotopic (exact) mass is 236 g/mol. The first-order valence-electron chi connectivity index (χ1n) is 5.65. The smallest absolute Gasteiger partial charge is 0.221 e. The predicted molar refractivity (Wildman–Crippen MR) is 69.1 cm³/mol. The average molecular weight is 236 g/mol. The summed E-state index contributed by atoms with van der Waals surface area (Å²) in [6, 6.07) is 5.49. The van der Waals surface area contributed by atoms with Crippen molar-refractivity contribution in [3.63, 3.8) is 0 Å². The fourth-order valence-corrected chi connectivity index (χ4v) is 1.63. The SMILES string of the molecule is CCC(C)(N)c1cc(NC(C)=O)ccc1OC. The molecule has 0 heterocycles. The molecular formula is C13H20N2O2. The van der Waals surface area contributed by atoms with E-state index in [1.165, 1.54) is 6.92 Å². The Kier molecular flexibility index (Phi) is 4.12. The number of hydrogen-bond acceptors (Lipinski definition) is 3. The van der Waals surface area contributed by atoms with Crippen LogP contribution in [0.3, 0.4) is 0 Å². The first kappa shape index (κ1) is 13.5. The molecule has 0 aliphatic heterocycles. The molecule has 0 saturated heterocycles. The highest BCUT2D eigenvalue weighted by Crippen LogP contribution is 2.32. The third-order valence-corrected chi connectivity index (χ3v) is 2.87. The molecule has 3 N–H and O–H groups in total. The second-order valence-corrected chi connectivity index (χ2v) is 4.37. The Morgan fingerprint density at radius 3 is 2.65 bits per heavy atom. The van der Waals surface area contributed by atoms with E-state index in [0.29, 0.717) is 0 Å². The molecular weight excluding hydrogens is 216 g/mol. The number of nitrogens with two attached hydrogens (primary N) is 1. The summed E-state index contributed by atoms with van der Waals surface area (Å²) in [5.74, 6) is 0.641. The quantitative estimate of drug-likeness (QED) is 0.842. The highest BCUT2D eigenvalue weighted by molar-refractivity contribution is 5.88. The molecule has 0 spiro atoms. The summed E-state index contributed by atoms with van der Waals surface area (Å²) in [5, 5.41) is 2.74. The Bertz CT molecular complexity index is 414. The molecule has 4 heteroatoms. The zero-order valence-corrected chi connectivity index (χ0v) is 10.8. The standard InChI is InChI=1S/C13H20N2O2/c1-5-13(3,14)11-8-10(15-9(2)16)6-7-12(11)17-4/h6-8H,5,14H2,1-4H3,(H,15,16). The number of amides is 1. The van der Waals surface area contributed by atoms with Crippen molar-refractivity contribution in [1.82, 2.24) is 0 Å². The van der Waals surface area contributed by atoms with Gasteiger partial charge in [0.05, 0.1) is 7.11 Å². The van der Waals surface area contributed by atoms with E-state index in [1.54, 1.807) is 13.2 Å². The Hall–Kier alpha value is -1.55. The van der Waals surface area contributed by atoms with Crippen molar-refractivity contribution in [2.45, 2.75) is 32.7 Å². The lowest BCUT2D eigenvalue weighted by Gasteiger charge is -2.26. The van der Waals surface area contributed by atoms with Crippen LogP contribution in [-0.4, -0.2) is 13.0 Å². The van der Waals surface area contributed by atoms with Gasteiger partial charge in [-0.3, -0.25) is 4.79 Å². The van der Waals surface area contributed by atoms with Gasteiger partial charge in [0.2, 0.25) is 5.91 Å². The molecule has 0 aliphatic carbocycles. The molecule has 1 aromatic rings. The summed E-state index contributed by atoms with van der Waals surface area (Å²) in [5.41, 5.74) is 7.38. The van der Waals surface area contributed by atoms with E-state index in [-0.39, 0.29) is 5.91 Å². The van der Waals surface area contributed by atoms with Crippen molar-refractivity contribution < 1.29 is 9.53 Å². The number of nitrogens with one attached hydrogen (secondary N) is 1. The Morgan fingerprint density at radius 2 is 2.18 bits per heavy atom. The molecule has 1 rings (SSSR count). The van der Waals surface area contributed by atoms with Crippen LogP contribution >= 0.6 is 0 Å². The van der Waals surface area contributed by atoms with Crippen LogP contribution in [-0.2, 0) is 10.3 Å². The van der Waals surface area contributed by atoms with Gasteiger partial charge in [0.1, 0.15) is 5.75 Å². The summed E-state index contributed by atoms with van der Waals surface area (Å²) >= 11 is 0. The average Bonchev–Trinajstić information content (AvgIpc) is 2.28. The maximum absolute atomic E-state index is 11.0. The van der Waals surface area contributed by atoms with E-state index in [1.807, 2.05) is 26.0 Å². The van der Waals surface area contributed by atoms with Crippen molar-refractivity contribution in [2.24, 2.45) is 5.73 Å². The maximum atomic E-state index is 11.0. The third-order valence-electron chi connectivity index (χ3n) is 2.87. The van der Waals surface area contributed by atoms with Crippen LogP contribution in [0.5, 0.6) is 5.75 Å². The molecule has 0 bridgehead atoms. The van der Waals surface area contributed by atoms with Crippen molar-refractivity contribution in [3.8, 4) is 5.75 Å². The van der Waals surface area contributed by atoms with Crippen molar-refractivity contribution in [3.05, 3.63) is 23.8 Å². The lowest BCUT2D eigenvalue weighted by Crippen LogP contribution is -2.32. The Labute approximate surface area is 102 Å². The van der Waals surface area contributed by atoms with Gasteiger partial charge in [-0.15, -0.1) is 0 Å². The molecule has 1 aromatic carbocycles. The number of hydrogen-bond donors (Lipinski definition) is 2. The van der Waals surface area contributed by atoms with Gasteiger partial charge in [-0.1, -0.05) is 6.92 Å². The van der Waals surface area contributed by atoms with Crippen molar-refractivity contribution in [2.75, 3.05) is 12.4 Å². The summed E-state index contributed by atoms with van der Waals surface area (Å²) in [6.07, 6.45) is 0.785. The molecule has 1 amide bonds. The molecule has 0 radical (unpaired) electrons. The minimum absolute atomic E-state index is 0.101. The van der Waals surface area contributed by atoms with E-state index in [2.05, 4.69) is 5.32 Å². The predicted octanol–water partition coefficient (Wildman–Crippen LogP) is 2.24. The van der Waals surface area contributed by atoms with Gasteiger partial charge >= 0.3 is 0 Å². The molecule has 1 atom stereocenters. The molecule has 0 saturated carbocycles. The highest BCUT2D eigenvalue weighted by atomic mass is 16.5. The van der Waals surface area contributed by atoms with Crippen LogP contribution < -0.4 is 15.8 Å². The van der Waals surface area contributed by atoms with Gasteiger partial charge in [-0.25, -0.2) is 0 Å². The van der Waals surface area contributed by atoms with Gasteiger partial charge in [0.15, 0.2) is 0 Å². The van der Waals surface area contributed by atoms with Crippen LogP contribution in [0.2, 0.25) is 0 Å². The van der Waals surface area contributed by atoms with E-state index >= 15 is 0 Å². The van der Waals surface area contributed by atoms with E-state index < -0.39 is 5.54 Å². The second-order valence-electron chi connectivity index (χ2n) is 4.37. The van der Waals surface area contributed by atoms with Gasteiger partial charge in [-0.05, 0) is 31.5 Å². The van der Waals surface area contributed by atoms with E-state index in [0.717, 1.165) is 23.4 Å². The fraction of sp³-hybridized carbons (Fsp3) is 0.462. The number of methoxy groups -OCH3 is 1. The van der Waals surface area contributed by atoms with Crippen LogP contribution in [0.25, 0.3) is 0 Å². The topological polar surface area (TPSA) is 64.3 Å². The van der Waals surface area contributed by atoms with E-state index in [4.69, 9.17) is 10.5 Å². The highest BCUT2D eigenvalue weighted by Gasteiger charge is 2.23. The van der Waals surface area contributed by atoms with Crippen molar-refractivity contribution in [1.29, 1.82) is 0 Å². The Balaban J connectivity index is 3.19. The summed E-state index contributed by atoms with van der Waals surface area (Å²) < 4.78 is 5.30. The lowest BCUT2D eigenvalue weighted by atomic mass is 9.89. The normalized spacial score (nSPS) is 13.9. The summed E-state index contributed by atoms with van der Waals surface area (Å²) in [6.45, 7) is 5.44.